The van der Waals surface area contributed by atoms with Gasteiger partial charge in [0.25, 0.3) is 0 Å². The van der Waals surface area contributed by atoms with Crippen molar-refractivity contribution < 1.29 is 0 Å². The summed E-state index contributed by atoms with van der Waals surface area (Å²) in [5, 5.41) is 0. The summed E-state index contributed by atoms with van der Waals surface area (Å²) in [6, 6.07) is 0. The van der Waals surface area contributed by atoms with Gasteiger partial charge in [-0.05, 0) is 19.8 Å². The fourth-order valence-corrected chi connectivity index (χ4v) is 1.21. The minimum absolute atomic E-state index is 0.0169. The Hall–Kier alpha value is -0.300. The SMILES string of the molecule is C=CCC(C)(N)CCCCC. The van der Waals surface area contributed by atoms with E-state index in [4.69, 9.17) is 5.73 Å². The lowest BCUT2D eigenvalue weighted by atomic mass is 9.92. The first-order valence-corrected chi connectivity index (χ1v) is 4.52. The van der Waals surface area contributed by atoms with Crippen LogP contribution in [-0.4, -0.2) is 5.54 Å². The summed E-state index contributed by atoms with van der Waals surface area (Å²) in [6.45, 7) is 8.01. The fraction of sp³-hybridized carbons (Fsp3) is 0.800. The smallest absolute Gasteiger partial charge is 0.0160 e. The molecule has 0 aromatic rings. The number of hydrogen-bond acceptors (Lipinski definition) is 1. The molecule has 0 heterocycles. The lowest BCUT2D eigenvalue weighted by Crippen LogP contribution is -2.35. The van der Waals surface area contributed by atoms with Gasteiger partial charge in [-0.3, -0.25) is 0 Å². The molecule has 0 saturated carbocycles. The molecule has 0 aliphatic carbocycles. The Balaban J connectivity index is 3.45. The molecule has 66 valence electrons. The maximum absolute atomic E-state index is 6.00. The molecule has 0 fully saturated rings. The van der Waals surface area contributed by atoms with E-state index in [0.717, 1.165) is 12.8 Å². The number of unbranched alkanes of at least 4 members (excludes halogenated alkanes) is 2. The van der Waals surface area contributed by atoms with E-state index in [1.165, 1.54) is 19.3 Å². The van der Waals surface area contributed by atoms with Crippen LogP contribution >= 0.6 is 0 Å². The van der Waals surface area contributed by atoms with E-state index in [9.17, 15) is 0 Å². The van der Waals surface area contributed by atoms with Gasteiger partial charge in [-0.15, -0.1) is 6.58 Å². The van der Waals surface area contributed by atoms with Crippen molar-refractivity contribution in [2.24, 2.45) is 5.73 Å². The number of rotatable bonds is 6. The number of nitrogens with two attached hydrogens (primary N) is 1. The zero-order valence-corrected chi connectivity index (χ0v) is 7.90. The predicted molar refractivity (Wildman–Crippen MR) is 51.5 cm³/mol. The van der Waals surface area contributed by atoms with Gasteiger partial charge in [0, 0.05) is 5.54 Å². The van der Waals surface area contributed by atoms with Gasteiger partial charge in [0.2, 0.25) is 0 Å². The maximum atomic E-state index is 6.00. The fourth-order valence-electron chi connectivity index (χ4n) is 1.21. The summed E-state index contributed by atoms with van der Waals surface area (Å²) < 4.78 is 0. The van der Waals surface area contributed by atoms with Crippen LogP contribution in [0.5, 0.6) is 0 Å². The Morgan fingerprint density at radius 3 is 2.55 bits per heavy atom. The van der Waals surface area contributed by atoms with Crippen molar-refractivity contribution in [1.29, 1.82) is 0 Å². The third-order valence-electron chi connectivity index (χ3n) is 1.96. The molecule has 0 saturated heterocycles. The average Bonchev–Trinajstić information content (AvgIpc) is 1.87. The van der Waals surface area contributed by atoms with Crippen molar-refractivity contribution in [3.05, 3.63) is 12.7 Å². The third kappa shape index (κ3) is 6.11. The zero-order valence-electron chi connectivity index (χ0n) is 7.90. The largest absolute Gasteiger partial charge is 0.325 e. The molecule has 0 radical (unpaired) electrons. The Morgan fingerprint density at radius 1 is 1.45 bits per heavy atom. The van der Waals surface area contributed by atoms with Crippen molar-refractivity contribution in [1.82, 2.24) is 0 Å². The topological polar surface area (TPSA) is 26.0 Å². The van der Waals surface area contributed by atoms with Crippen molar-refractivity contribution in [2.75, 3.05) is 0 Å². The molecule has 0 bridgehead atoms. The monoisotopic (exact) mass is 155 g/mol. The van der Waals surface area contributed by atoms with Crippen LogP contribution in [0.15, 0.2) is 12.7 Å². The molecule has 0 rings (SSSR count). The highest BCUT2D eigenvalue weighted by molar-refractivity contribution is 4.86. The molecule has 2 N–H and O–H groups in total. The van der Waals surface area contributed by atoms with E-state index in [0.29, 0.717) is 0 Å². The minimum Gasteiger partial charge on any atom is -0.325 e. The summed E-state index contributed by atoms with van der Waals surface area (Å²) in [7, 11) is 0. The molecule has 1 atom stereocenters. The van der Waals surface area contributed by atoms with E-state index in [1.54, 1.807) is 0 Å². The Labute approximate surface area is 70.7 Å². The van der Waals surface area contributed by atoms with Gasteiger partial charge in [0.1, 0.15) is 0 Å². The van der Waals surface area contributed by atoms with Gasteiger partial charge < -0.3 is 5.73 Å². The third-order valence-corrected chi connectivity index (χ3v) is 1.96. The lowest BCUT2D eigenvalue weighted by Gasteiger charge is -2.22. The second-order valence-electron chi connectivity index (χ2n) is 3.60. The van der Waals surface area contributed by atoms with Gasteiger partial charge in [-0.1, -0.05) is 32.3 Å². The van der Waals surface area contributed by atoms with Crippen LogP contribution in [0.25, 0.3) is 0 Å². The molecule has 0 spiro atoms. The highest BCUT2D eigenvalue weighted by Gasteiger charge is 2.14. The van der Waals surface area contributed by atoms with Crippen LogP contribution in [-0.2, 0) is 0 Å². The Bertz CT molecular complexity index is 105. The Morgan fingerprint density at radius 2 is 2.09 bits per heavy atom. The molecular weight excluding hydrogens is 134 g/mol. The van der Waals surface area contributed by atoms with Crippen molar-refractivity contribution in [3.63, 3.8) is 0 Å². The van der Waals surface area contributed by atoms with E-state index in [1.807, 2.05) is 6.08 Å². The zero-order chi connectivity index (χ0) is 8.74. The maximum Gasteiger partial charge on any atom is 0.0160 e. The summed E-state index contributed by atoms with van der Waals surface area (Å²) in [6.07, 6.45) is 7.76. The first-order valence-electron chi connectivity index (χ1n) is 4.52. The first-order chi connectivity index (χ1) is 5.12. The number of hydrogen-bond donors (Lipinski definition) is 1. The standard InChI is InChI=1S/C10H21N/c1-4-6-7-9-10(3,11)8-5-2/h5H,2,4,6-9,11H2,1,3H3. The highest BCUT2D eigenvalue weighted by atomic mass is 14.7. The van der Waals surface area contributed by atoms with Gasteiger partial charge >= 0.3 is 0 Å². The van der Waals surface area contributed by atoms with Crippen LogP contribution in [0.3, 0.4) is 0 Å². The first kappa shape index (κ1) is 10.7. The summed E-state index contributed by atoms with van der Waals surface area (Å²) in [4.78, 5) is 0. The van der Waals surface area contributed by atoms with Gasteiger partial charge in [0.15, 0.2) is 0 Å². The second kappa shape index (κ2) is 5.36. The van der Waals surface area contributed by atoms with Crippen LogP contribution in [0.1, 0.15) is 46.0 Å². The van der Waals surface area contributed by atoms with Gasteiger partial charge in [-0.2, -0.15) is 0 Å². The van der Waals surface area contributed by atoms with Crippen molar-refractivity contribution >= 4 is 0 Å². The van der Waals surface area contributed by atoms with E-state index in [-0.39, 0.29) is 5.54 Å². The molecule has 1 heteroatoms. The highest BCUT2D eigenvalue weighted by Crippen LogP contribution is 2.15. The molecule has 0 aromatic heterocycles. The second-order valence-corrected chi connectivity index (χ2v) is 3.60. The normalized spacial score (nSPS) is 15.9. The average molecular weight is 155 g/mol. The van der Waals surface area contributed by atoms with Crippen molar-refractivity contribution in [2.45, 2.75) is 51.5 Å². The Kier molecular flexibility index (Phi) is 5.22. The molecule has 11 heavy (non-hydrogen) atoms. The molecule has 0 amide bonds. The lowest BCUT2D eigenvalue weighted by molar-refractivity contribution is 0.415. The van der Waals surface area contributed by atoms with E-state index < -0.39 is 0 Å². The molecule has 0 aromatic carbocycles. The van der Waals surface area contributed by atoms with Crippen LogP contribution < -0.4 is 5.73 Å². The summed E-state index contributed by atoms with van der Waals surface area (Å²) in [5.41, 5.74) is 5.98. The summed E-state index contributed by atoms with van der Waals surface area (Å²) >= 11 is 0. The molecule has 0 aliphatic rings. The van der Waals surface area contributed by atoms with Crippen molar-refractivity contribution in [3.8, 4) is 0 Å². The van der Waals surface area contributed by atoms with Crippen LogP contribution in [0, 0.1) is 0 Å². The molecule has 1 unspecified atom stereocenters. The minimum atomic E-state index is -0.0169. The van der Waals surface area contributed by atoms with Gasteiger partial charge in [-0.25, -0.2) is 0 Å². The predicted octanol–water partition coefficient (Wildman–Crippen LogP) is 2.86. The van der Waals surface area contributed by atoms with E-state index in [2.05, 4.69) is 20.4 Å². The quantitative estimate of drug-likeness (QED) is 0.463. The van der Waals surface area contributed by atoms with Crippen LogP contribution in [0.2, 0.25) is 0 Å². The summed E-state index contributed by atoms with van der Waals surface area (Å²) in [5.74, 6) is 0. The van der Waals surface area contributed by atoms with E-state index >= 15 is 0 Å². The van der Waals surface area contributed by atoms with Crippen LogP contribution in [0.4, 0.5) is 0 Å². The molecule has 0 aliphatic heterocycles. The molecular formula is C10H21N. The van der Waals surface area contributed by atoms with Gasteiger partial charge in [0.05, 0.1) is 0 Å². The molecule has 1 nitrogen and oxygen atoms in total.